The molecule has 0 bridgehead atoms. The number of aromatic nitrogens is 2. The minimum absolute atomic E-state index is 0.0998. The molecule has 2 aromatic heterocycles. The van der Waals surface area contributed by atoms with E-state index < -0.39 is 0 Å². The number of amides is 1. The van der Waals surface area contributed by atoms with E-state index in [1.54, 1.807) is 18.3 Å². The number of nitrogens with one attached hydrogen (secondary N) is 1. The van der Waals surface area contributed by atoms with Crippen LogP contribution < -0.4 is 20.3 Å². The number of ether oxygens (including phenoxy) is 2. The molecule has 7 heteroatoms. The minimum Gasteiger partial charge on any atom is -0.487 e. The van der Waals surface area contributed by atoms with E-state index in [1.165, 1.54) is 10.5 Å². The highest BCUT2D eigenvalue weighted by atomic mass is 16.5. The van der Waals surface area contributed by atoms with Crippen LogP contribution in [0.3, 0.4) is 0 Å². The summed E-state index contributed by atoms with van der Waals surface area (Å²) in [7, 11) is 0. The second-order valence-electron chi connectivity index (χ2n) is 7.89. The molecule has 2 aromatic carbocycles. The lowest BCUT2D eigenvalue weighted by molar-refractivity contribution is -0.118. The number of carbonyl (C=O) groups is 1. The molecule has 0 fully saturated rings. The van der Waals surface area contributed by atoms with E-state index in [1.807, 2.05) is 63.2 Å². The largest absolute Gasteiger partial charge is 0.487 e. The zero-order valence-corrected chi connectivity index (χ0v) is 18.8. The third-order valence-electron chi connectivity index (χ3n) is 5.18. The van der Waals surface area contributed by atoms with Crippen molar-refractivity contribution < 1.29 is 14.3 Å². The van der Waals surface area contributed by atoms with Crippen LogP contribution in [0.5, 0.6) is 11.5 Å². The Kier molecular flexibility index (Phi) is 6.40. The van der Waals surface area contributed by atoms with E-state index in [9.17, 15) is 9.59 Å². The van der Waals surface area contributed by atoms with Crippen LogP contribution in [0, 0.1) is 20.8 Å². The third-order valence-corrected chi connectivity index (χ3v) is 5.18. The Morgan fingerprint density at radius 3 is 2.55 bits per heavy atom. The van der Waals surface area contributed by atoms with Gasteiger partial charge in [-0.2, -0.15) is 0 Å². The molecule has 0 aliphatic rings. The molecule has 0 aliphatic carbocycles. The molecule has 0 atom stereocenters. The highest BCUT2D eigenvalue weighted by Crippen LogP contribution is 2.23. The van der Waals surface area contributed by atoms with Crippen molar-refractivity contribution in [3.05, 3.63) is 99.6 Å². The molecular formula is C26H25N3O4. The molecule has 0 saturated heterocycles. The predicted molar refractivity (Wildman–Crippen MR) is 127 cm³/mol. The molecule has 1 amide bonds. The number of hydrogen-bond acceptors (Lipinski definition) is 5. The number of carbonyl (C=O) groups excluding carboxylic acids is 1. The van der Waals surface area contributed by atoms with E-state index >= 15 is 0 Å². The van der Waals surface area contributed by atoms with Crippen LogP contribution >= 0.6 is 0 Å². The molecule has 0 unspecified atom stereocenters. The van der Waals surface area contributed by atoms with Crippen LogP contribution in [0.25, 0.3) is 5.65 Å². The van der Waals surface area contributed by atoms with Gasteiger partial charge in [-0.25, -0.2) is 4.98 Å². The molecule has 0 aliphatic heterocycles. The maximum atomic E-state index is 12.4. The summed E-state index contributed by atoms with van der Waals surface area (Å²) in [4.78, 5) is 29.3. The molecule has 4 rings (SSSR count). The van der Waals surface area contributed by atoms with Gasteiger partial charge in [0.2, 0.25) is 0 Å². The van der Waals surface area contributed by atoms with E-state index in [2.05, 4.69) is 10.3 Å². The Balaban J connectivity index is 1.41. The molecule has 7 nitrogen and oxygen atoms in total. The fraction of sp³-hybridized carbons (Fsp3) is 0.192. The van der Waals surface area contributed by atoms with Gasteiger partial charge in [0.05, 0.1) is 5.69 Å². The number of rotatable bonds is 7. The molecule has 4 aromatic rings. The first-order valence-corrected chi connectivity index (χ1v) is 10.6. The smallest absolute Gasteiger partial charge is 0.262 e. The van der Waals surface area contributed by atoms with Crippen molar-refractivity contribution in [2.24, 2.45) is 0 Å². The SMILES string of the molecule is Cc1ccc(OCC(=O)Nc2ccc(C)c(OCc3cc(=O)n4cccc(C)c4n3)c2)cc1. The third kappa shape index (κ3) is 5.38. The van der Waals surface area contributed by atoms with Crippen LogP contribution in [0.1, 0.15) is 22.4 Å². The summed E-state index contributed by atoms with van der Waals surface area (Å²) in [6.45, 7) is 5.84. The van der Waals surface area contributed by atoms with Crippen LogP contribution in [-0.4, -0.2) is 21.9 Å². The van der Waals surface area contributed by atoms with E-state index in [4.69, 9.17) is 9.47 Å². The summed E-state index contributed by atoms with van der Waals surface area (Å²) in [5.74, 6) is 0.960. The first-order valence-electron chi connectivity index (χ1n) is 10.6. The van der Waals surface area contributed by atoms with E-state index in [0.717, 1.165) is 16.7 Å². The topological polar surface area (TPSA) is 81.9 Å². The van der Waals surface area contributed by atoms with Crippen molar-refractivity contribution in [1.82, 2.24) is 9.38 Å². The summed E-state index contributed by atoms with van der Waals surface area (Å²) in [5, 5.41) is 2.82. The van der Waals surface area contributed by atoms with Gasteiger partial charge in [-0.3, -0.25) is 14.0 Å². The highest BCUT2D eigenvalue weighted by Gasteiger charge is 2.09. The van der Waals surface area contributed by atoms with Crippen molar-refractivity contribution in [1.29, 1.82) is 0 Å². The fourth-order valence-electron chi connectivity index (χ4n) is 3.35. The van der Waals surface area contributed by atoms with Gasteiger partial charge in [-0.15, -0.1) is 0 Å². The standard InChI is InChI=1S/C26H25N3O4/c1-17-6-10-22(11-7-17)32-16-24(30)27-20-9-8-18(2)23(13-20)33-15-21-14-25(31)29-12-4-5-19(3)26(29)28-21/h4-14H,15-16H2,1-3H3,(H,27,30). The second kappa shape index (κ2) is 9.56. The molecule has 1 N–H and O–H groups in total. The van der Waals surface area contributed by atoms with Crippen molar-refractivity contribution in [2.75, 3.05) is 11.9 Å². The van der Waals surface area contributed by atoms with Gasteiger partial charge in [-0.05, 0) is 56.2 Å². The summed E-state index contributed by atoms with van der Waals surface area (Å²) in [6, 6.07) is 18.1. The first kappa shape index (κ1) is 22.1. The van der Waals surface area contributed by atoms with Gasteiger partial charge in [0.1, 0.15) is 23.8 Å². The van der Waals surface area contributed by atoms with Crippen LogP contribution in [0.15, 0.2) is 71.7 Å². The summed E-state index contributed by atoms with van der Waals surface area (Å²) >= 11 is 0. The Morgan fingerprint density at radius 1 is 0.970 bits per heavy atom. The average molecular weight is 444 g/mol. The predicted octanol–water partition coefficient (Wildman–Crippen LogP) is 4.22. The van der Waals surface area contributed by atoms with Crippen molar-refractivity contribution in [2.45, 2.75) is 27.4 Å². The van der Waals surface area contributed by atoms with Gasteiger partial charge in [-0.1, -0.05) is 29.8 Å². The number of hydrogen-bond donors (Lipinski definition) is 1. The number of pyridine rings is 1. The maximum Gasteiger partial charge on any atom is 0.262 e. The summed E-state index contributed by atoms with van der Waals surface area (Å²) in [5.41, 5.74) is 4.51. The van der Waals surface area contributed by atoms with Crippen molar-refractivity contribution in [3.63, 3.8) is 0 Å². The number of fused-ring (bicyclic) bond motifs is 1. The quantitative estimate of drug-likeness (QED) is 0.463. The minimum atomic E-state index is -0.273. The summed E-state index contributed by atoms with van der Waals surface area (Å²) < 4.78 is 13.0. The van der Waals surface area contributed by atoms with E-state index in [0.29, 0.717) is 28.5 Å². The summed E-state index contributed by atoms with van der Waals surface area (Å²) in [6.07, 6.45) is 1.70. The van der Waals surface area contributed by atoms with Crippen molar-refractivity contribution >= 4 is 17.2 Å². The molecule has 0 saturated carbocycles. The molecule has 2 heterocycles. The number of nitrogens with zero attached hydrogens (tertiary/aromatic N) is 2. The number of aryl methyl sites for hydroxylation is 3. The van der Waals surface area contributed by atoms with Crippen LogP contribution in [-0.2, 0) is 11.4 Å². The monoisotopic (exact) mass is 443 g/mol. The van der Waals surface area contributed by atoms with Crippen LogP contribution in [0.2, 0.25) is 0 Å². The molecule has 0 spiro atoms. The van der Waals surface area contributed by atoms with Gasteiger partial charge >= 0.3 is 0 Å². The van der Waals surface area contributed by atoms with Gasteiger partial charge in [0.25, 0.3) is 11.5 Å². The van der Waals surface area contributed by atoms with E-state index in [-0.39, 0.29) is 24.7 Å². The molecular weight excluding hydrogens is 418 g/mol. The molecule has 0 radical (unpaired) electrons. The Bertz CT molecular complexity index is 1360. The lowest BCUT2D eigenvalue weighted by Gasteiger charge is -2.13. The highest BCUT2D eigenvalue weighted by molar-refractivity contribution is 5.92. The zero-order chi connectivity index (χ0) is 23.4. The lowest BCUT2D eigenvalue weighted by atomic mass is 10.2. The van der Waals surface area contributed by atoms with Crippen LogP contribution in [0.4, 0.5) is 5.69 Å². The fourth-order valence-corrected chi connectivity index (χ4v) is 3.35. The Hall–Kier alpha value is -4.13. The number of anilines is 1. The van der Waals surface area contributed by atoms with Gasteiger partial charge in [0, 0.05) is 24.0 Å². The van der Waals surface area contributed by atoms with Gasteiger partial charge < -0.3 is 14.8 Å². The number of benzene rings is 2. The lowest BCUT2D eigenvalue weighted by Crippen LogP contribution is -2.20. The van der Waals surface area contributed by atoms with Crippen molar-refractivity contribution in [3.8, 4) is 11.5 Å². The normalized spacial score (nSPS) is 10.8. The van der Waals surface area contributed by atoms with Gasteiger partial charge in [0.15, 0.2) is 6.61 Å². The second-order valence-corrected chi connectivity index (χ2v) is 7.89. The molecule has 33 heavy (non-hydrogen) atoms. The maximum absolute atomic E-state index is 12.4. The molecule has 168 valence electrons. The Morgan fingerprint density at radius 2 is 1.76 bits per heavy atom. The zero-order valence-electron chi connectivity index (χ0n) is 18.8. The Labute approximate surface area is 191 Å². The average Bonchev–Trinajstić information content (AvgIpc) is 2.80. The first-order chi connectivity index (χ1) is 15.9.